The van der Waals surface area contributed by atoms with Crippen molar-refractivity contribution < 1.29 is 9.13 Å². The van der Waals surface area contributed by atoms with E-state index >= 15 is 0 Å². The lowest BCUT2D eigenvalue weighted by Gasteiger charge is -2.12. The Morgan fingerprint density at radius 2 is 2.00 bits per heavy atom. The Hall–Kier alpha value is -0.570. The molecule has 0 aliphatic heterocycles. The number of hydrogen-bond acceptors (Lipinski definition) is 1. The van der Waals surface area contributed by atoms with Gasteiger partial charge in [0, 0.05) is 0 Å². The molecule has 0 heterocycles. The molecule has 1 aromatic carbocycles. The average molecular weight is 247 g/mol. The molecule has 1 nitrogen and oxygen atoms in total. The smallest absolute Gasteiger partial charge is 0.137 e. The van der Waals surface area contributed by atoms with Crippen LogP contribution in [0.3, 0.4) is 0 Å². The second-order valence-electron chi connectivity index (χ2n) is 3.16. The first-order valence-corrected chi connectivity index (χ1v) is 4.88. The van der Waals surface area contributed by atoms with Crippen molar-refractivity contribution in [3.8, 4) is 5.75 Å². The van der Waals surface area contributed by atoms with Gasteiger partial charge < -0.3 is 4.74 Å². The summed E-state index contributed by atoms with van der Waals surface area (Å²) < 4.78 is 18.7. The van der Waals surface area contributed by atoms with E-state index in [1.165, 1.54) is 6.07 Å². The predicted octanol–water partition coefficient (Wildman–Crippen LogP) is 3.72. The van der Waals surface area contributed by atoms with E-state index in [2.05, 4.69) is 15.9 Å². The highest BCUT2D eigenvalue weighted by Gasteiger charge is 2.11. The normalized spacial score (nSPS) is 10.6. The molecule has 0 aliphatic rings. The van der Waals surface area contributed by atoms with Gasteiger partial charge in [0.1, 0.15) is 11.6 Å². The van der Waals surface area contributed by atoms with Crippen molar-refractivity contribution in [2.45, 2.75) is 19.8 Å². The van der Waals surface area contributed by atoms with Crippen LogP contribution in [0.1, 0.15) is 25.3 Å². The number of rotatable bonds is 2. The van der Waals surface area contributed by atoms with Crippen LogP contribution in [0.2, 0.25) is 0 Å². The van der Waals surface area contributed by atoms with Crippen LogP contribution in [0.15, 0.2) is 16.6 Å². The molecule has 0 unspecified atom stereocenters. The fourth-order valence-corrected chi connectivity index (χ4v) is 1.49. The zero-order valence-corrected chi connectivity index (χ0v) is 9.48. The highest BCUT2D eigenvalue weighted by atomic mass is 79.9. The van der Waals surface area contributed by atoms with Crippen molar-refractivity contribution in [3.05, 3.63) is 28.0 Å². The third kappa shape index (κ3) is 2.21. The van der Waals surface area contributed by atoms with Crippen molar-refractivity contribution in [1.29, 1.82) is 0 Å². The Kier molecular flexibility index (Phi) is 3.31. The summed E-state index contributed by atoms with van der Waals surface area (Å²) in [5.41, 5.74) is 0.892. The maximum absolute atomic E-state index is 13.2. The topological polar surface area (TPSA) is 9.23 Å². The fraction of sp³-hybridized carbons (Fsp3) is 0.400. The van der Waals surface area contributed by atoms with Crippen LogP contribution in [0.25, 0.3) is 0 Å². The van der Waals surface area contributed by atoms with E-state index in [1.54, 1.807) is 13.2 Å². The minimum absolute atomic E-state index is 0.246. The number of benzene rings is 1. The maximum Gasteiger partial charge on any atom is 0.137 e. The summed E-state index contributed by atoms with van der Waals surface area (Å²) in [5, 5.41) is 0. The Morgan fingerprint density at radius 3 is 2.46 bits per heavy atom. The van der Waals surface area contributed by atoms with Gasteiger partial charge >= 0.3 is 0 Å². The summed E-state index contributed by atoms with van der Waals surface area (Å²) in [6.07, 6.45) is 0. The summed E-state index contributed by atoms with van der Waals surface area (Å²) in [6.45, 7) is 4.01. The average Bonchev–Trinajstić information content (AvgIpc) is 2.08. The van der Waals surface area contributed by atoms with Gasteiger partial charge in [0.15, 0.2) is 0 Å². The van der Waals surface area contributed by atoms with Crippen molar-refractivity contribution in [1.82, 2.24) is 0 Å². The first-order valence-electron chi connectivity index (χ1n) is 4.09. The zero-order chi connectivity index (χ0) is 10.0. The Bertz CT molecular complexity index is 310. The molecule has 0 radical (unpaired) electrons. The second kappa shape index (κ2) is 4.09. The standard InChI is InChI=1S/C10H12BrFO/c1-6(2)7-4-9(12)8(11)5-10(7)13-3/h4-6H,1-3H3. The van der Waals surface area contributed by atoms with Crippen LogP contribution in [0.4, 0.5) is 4.39 Å². The molecule has 3 heteroatoms. The summed E-state index contributed by atoms with van der Waals surface area (Å²) in [7, 11) is 1.59. The Labute approximate surface area is 86.0 Å². The molecule has 0 aliphatic carbocycles. The van der Waals surface area contributed by atoms with Crippen LogP contribution >= 0.6 is 15.9 Å². The number of hydrogen-bond donors (Lipinski definition) is 0. The van der Waals surface area contributed by atoms with Crippen molar-refractivity contribution in [3.63, 3.8) is 0 Å². The second-order valence-corrected chi connectivity index (χ2v) is 4.02. The molecule has 1 rings (SSSR count). The van der Waals surface area contributed by atoms with Gasteiger partial charge in [-0.2, -0.15) is 0 Å². The van der Waals surface area contributed by atoms with Crippen LogP contribution in [0.5, 0.6) is 5.75 Å². The highest BCUT2D eigenvalue weighted by Crippen LogP contribution is 2.31. The van der Waals surface area contributed by atoms with E-state index < -0.39 is 0 Å². The zero-order valence-electron chi connectivity index (χ0n) is 7.90. The molecule has 0 saturated heterocycles. The lowest BCUT2D eigenvalue weighted by Crippen LogP contribution is -1.95. The SMILES string of the molecule is COc1cc(Br)c(F)cc1C(C)C. The molecule has 0 fully saturated rings. The van der Waals surface area contributed by atoms with E-state index in [4.69, 9.17) is 4.74 Å². The van der Waals surface area contributed by atoms with Crippen molar-refractivity contribution in [2.75, 3.05) is 7.11 Å². The minimum atomic E-state index is -0.246. The van der Waals surface area contributed by atoms with E-state index in [9.17, 15) is 4.39 Å². The molecule has 72 valence electrons. The van der Waals surface area contributed by atoms with Gasteiger partial charge in [-0.15, -0.1) is 0 Å². The third-order valence-electron chi connectivity index (χ3n) is 1.89. The molecule has 0 spiro atoms. The lowest BCUT2D eigenvalue weighted by atomic mass is 10.0. The van der Waals surface area contributed by atoms with Gasteiger partial charge in [-0.3, -0.25) is 0 Å². The third-order valence-corrected chi connectivity index (χ3v) is 2.50. The van der Waals surface area contributed by atoms with E-state index in [0.29, 0.717) is 4.47 Å². The van der Waals surface area contributed by atoms with Gasteiger partial charge in [-0.1, -0.05) is 13.8 Å². The first-order chi connectivity index (χ1) is 6.06. The molecule has 0 aromatic heterocycles. The molecule has 13 heavy (non-hydrogen) atoms. The number of ether oxygens (including phenoxy) is 1. The van der Waals surface area contributed by atoms with Crippen LogP contribution < -0.4 is 4.74 Å². The Balaban J connectivity index is 3.25. The van der Waals surface area contributed by atoms with Crippen molar-refractivity contribution in [2.24, 2.45) is 0 Å². The van der Waals surface area contributed by atoms with E-state index in [-0.39, 0.29) is 11.7 Å². The predicted molar refractivity (Wildman–Crippen MR) is 54.7 cm³/mol. The maximum atomic E-state index is 13.2. The van der Waals surface area contributed by atoms with Crippen LogP contribution in [0, 0.1) is 5.82 Å². The summed E-state index contributed by atoms with van der Waals surface area (Å²) in [4.78, 5) is 0. The van der Waals surface area contributed by atoms with E-state index in [1.807, 2.05) is 13.8 Å². The van der Waals surface area contributed by atoms with Gasteiger partial charge in [0.25, 0.3) is 0 Å². The van der Waals surface area contributed by atoms with Gasteiger partial charge in [0.2, 0.25) is 0 Å². The molecule has 0 N–H and O–H groups in total. The van der Waals surface area contributed by atoms with Crippen molar-refractivity contribution >= 4 is 15.9 Å². The minimum Gasteiger partial charge on any atom is -0.496 e. The highest BCUT2D eigenvalue weighted by molar-refractivity contribution is 9.10. The van der Waals surface area contributed by atoms with Gasteiger partial charge in [-0.05, 0) is 39.5 Å². The molecule has 0 atom stereocenters. The summed E-state index contributed by atoms with van der Waals surface area (Å²) in [5.74, 6) is 0.741. The molecule has 0 saturated carbocycles. The van der Waals surface area contributed by atoms with Crippen LogP contribution in [-0.2, 0) is 0 Å². The summed E-state index contributed by atoms with van der Waals surface area (Å²) in [6, 6.07) is 3.16. The summed E-state index contributed by atoms with van der Waals surface area (Å²) >= 11 is 3.12. The molecular weight excluding hydrogens is 235 g/mol. The quantitative estimate of drug-likeness (QED) is 0.773. The number of methoxy groups -OCH3 is 1. The largest absolute Gasteiger partial charge is 0.496 e. The molecule has 0 bridgehead atoms. The molecule has 0 amide bonds. The monoisotopic (exact) mass is 246 g/mol. The molecular formula is C10H12BrFO. The Morgan fingerprint density at radius 1 is 1.38 bits per heavy atom. The molecule has 1 aromatic rings. The van der Waals surface area contributed by atoms with Gasteiger partial charge in [-0.25, -0.2) is 4.39 Å². The lowest BCUT2D eigenvalue weighted by molar-refractivity contribution is 0.405. The fourth-order valence-electron chi connectivity index (χ4n) is 1.17. The van der Waals surface area contributed by atoms with Gasteiger partial charge in [0.05, 0.1) is 11.6 Å². The first kappa shape index (κ1) is 10.5. The van der Waals surface area contributed by atoms with E-state index in [0.717, 1.165) is 11.3 Å². The number of halogens is 2. The van der Waals surface area contributed by atoms with Crippen LogP contribution in [-0.4, -0.2) is 7.11 Å².